The summed E-state index contributed by atoms with van der Waals surface area (Å²) in [5.74, 6) is -0.473. The highest BCUT2D eigenvalue weighted by molar-refractivity contribution is 7.87. The highest BCUT2D eigenvalue weighted by atomic mass is 32.2. The van der Waals surface area contributed by atoms with Crippen molar-refractivity contribution < 1.29 is 22.5 Å². The molecule has 0 aliphatic rings. The van der Waals surface area contributed by atoms with Crippen LogP contribution in [0.4, 0.5) is 10.8 Å². The molecule has 3 aromatic heterocycles. The molecule has 0 radical (unpaired) electrons. The summed E-state index contributed by atoms with van der Waals surface area (Å²) in [6, 6.07) is 10.4. The Morgan fingerprint density at radius 1 is 1.12 bits per heavy atom. The van der Waals surface area contributed by atoms with E-state index < -0.39 is 16.3 Å². The van der Waals surface area contributed by atoms with Crippen molar-refractivity contribution >= 4 is 61.1 Å². The van der Waals surface area contributed by atoms with Gasteiger partial charge in [0.15, 0.2) is 10.8 Å². The summed E-state index contributed by atoms with van der Waals surface area (Å²) in [5, 5.41) is 10.5. The van der Waals surface area contributed by atoms with Crippen LogP contribution in [0.3, 0.4) is 0 Å². The highest BCUT2D eigenvalue weighted by Crippen LogP contribution is 2.32. The Morgan fingerprint density at radius 3 is 2.59 bits per heavy atom. The summed E-state index contributed by atoms with van der Waals surface area (Å²) >= 11 is 4.46. The Morgan fingerprint density at radius 2 is 1.91 bits per heavy atom. The quantitative estimate of drug-likeness (QED) is 0.188. The van der Waals surface area contributed by atoms with E-state index in [9.17, 15) is 13.2 Å². The fourth-order valence-electron chi connectivity index (χ4n) is 3.07. The Labute approximate surface area is 208 Å². The highest BCUT2D eigenvalue weighted by Gasteiger charge is 2.20. The van der Waals surface area contributed by atoms with Crippen molar-refractivity contribution in [1.29, 1.82) is 0 Å². The third kappa shape index (κ3) is 6.39. The van der Waals surface area contributed by atoms with Gasteiger partial charge in [-0.2, -0.15) is 8.42 Å². The summed E-state index contributed by atoms with van der Waals surface area (Å²) < 4.78 is 38.1. The van der Waals surface area contributed by atoms with Crippen LogP contribution in [0.1, 0.15) is 34.7 Å². The Kier molecular flexibility index (Phi) is 7.58. The van der Waals surface area contributed by atoms with Gasteiger partial charge >= 0.3 is 16.3 Å². The number of nitrogens with zero attached hydrogens (tertiary/aromatic N) is 2. The number of carbonyl (C=O) groups excluding carboxylic acids is 1. The lowest BCUT2D eigenvalue weighted by molar-refractivity contribution is 0.0520. The molecule has 0 aliphatic carbocycles. The van der Waals surface area contributed by atoms with E-state index in [0.717, 1.165) is 21.1 Å². The van der Waals surface area contributed by atoms with Crippen molar-refractivity contribution in [3.8, 4) is 9.88 Å². The SMILES string of the molecule is CCOC(=O)c1csc(NC(Cc2ccc(NS(=O)(=O)O)cc2)c2csc(-c3cccs3)n2)n1. The molecule has 34 heavy (non-hydrogen) atoms. The molecule has 0 saturated heterocycles. The van der Waals surface area contributed by atoms with Gasteiger partial charge < -0.3 is 10.1 Å². The molecular weight excluding hydrogens is 517 g/mol. The molecule has 0 bridgehead atoms. The zero-order chi connectivity index (χ0) is 24.1. The van der Waals surface area contributed by atoms with Crippen molar-refractivity contribution in [3.05, 3.63) is 69.5 Å². The zero-order valence-electron chi connectivity index (χ0n) is 17.8. The van der Waals surface area contributed by atoms with E-state index in [-0.39, 0.29) is 24.0 Å². The molecule has 4 rings (SSSR count). The largest absolute Gasteiger partial charge is 0.461 e. The van der Waals surface area contributed by atoms with Crippen molar-refractivity contribution in [2.24, 2.45) is 0 Å². The molecule has 13 heteroatoms. The second-order valence-corrected chi connectivity index (χ2v) is 10.8. The fraction of sp³-hybridized carbons (Fsp3) is 0.190. The molecule has 0 aliphatic heterocycles. The minimum atomic E-state index is -4.34. The molecule has 0 fully saturated rings. The van der Waals surface area contributed by atoms with Gasteiger partial charge in [-0.25, -0.2) is 14.8 Å². The Hall–Kier alpha value is -2.84. The average molecular weight is 537 g/mol. The lowest BCUT2D eigenvalue weighted by atomic mass is 10.0. The number of carbonyl (C=O) groups is 1. The Balaban J connectivity index is 1.57. The number of esters is 1. The van der Waals surface area contributed by atoms with Gasteiger partial charge in [0.25, 0.3) is 0 Å². The van der Waals surface area contributed by atoms with Crippen LogP contribution in [0.2, 0.25) is 0 Å². The zero-order valence-corrected chi connectivity index (χ0v) is 21.1. The van der Waals surface area contributed by atoms with Crippen molar-refractivity contribution in [3.63, 3.8) is 0 Å². The maximum absolute atomic E-state index is 12.0. The first-order valence-corrected chi connectivity index (χ1v) is 14.1. The van der Waals surface area contributed by atoms with E-state index in [2.05, 4.69) is 10.3 Å². The molecule has 0 saturated carbocycles. The summed E-state index contributed by atoms with van der Waals surface area (Å²) in [5.41, 5.74) is 2.22. The molecule has 3 N–H and O–H groups in total. The molecule has 1 unspecified atom stereocenters. The predicted molar refractivity (Wildman–Crippen MR) is 135 cm³/mol. The molecule has 0 amide bonds. The molecule has 1 atom stereocenters. The van der Waals surface area contributed by atoms with Crippen LogP contribution in [0, 0.1) is 0 Å². The van der Waals surface area contributed by atoms with Crippen LogP contribution >= 0.6 is 34.0 Å². The number of benzene rings is 1. The van der Waals surface area contributed by atoms with Gasteiger partial charge in [-0.3, -0.25) is 9.27 Å². The maximum Gasteiger partial charge on any atom is 0.357 e. The number of thiophene rings is 1. The van der Waals surface area contributed by atoms with Crippen LogP contribution in [0.15, 0.2) is 52.5 Å². The number of hydrogen-bond donors (Lipinski definition) is 3. The van der Waals surface area contributed by atoms with Gasteiger partial charge in [-0.15, -0.1) is 34.0 Å². The molecular formula is C21H20N4O5S4. The monoisotopic (exact) mass is 536 g/mol. The molecule has 1 aromatic carbocycles. The number of anilines is 2. The summed E-state index contributed by atoms with van der Waals surface area (Å²) in [6.07, 6.45) is 0.522. The summed E-state index contributed by atoms with van der Waals surface area (Å²) in [4.78, 5) is 22.2. The maximum atomic E-state index is 12.0. The minimum absolute atomic E-state index is 0.242. The first kappa shape index (κ1) is 24.3. The van der Waals surface area contributed by atoms with E-state index >= 15 is 0 Å². The van der Waals surface area contributed by atoms with Crippen LogP contribution in [-0.2, 0) is 21.5 Å². The lowest BCUT2D eigenvalue weighted by Gasteiger charge is -2.17. The van der Waals surface area contributed by atoms with Gasteiger partial charge in [0.2, 0.25) is 0 Å². The average Bonchev–Trinajstić information content (AvgIpc) is 3.55. The van der Waals surface area contributed by atoms with Crippen LogP contribution in [-0.4, -0.2) is 35.5 Å². The molecule has 3 heterocycles. The standard InChI is InChI=1S/C21H20N4O5S4/c1-2-30-20(26)17-12-33-21(24-17)23-15(16-11-32-19(22-16)18-4-3-9-31-18)10-13-5-7-14(8-6-13)25-34(27,28)29/h3-9,11-12,15,25H,2,10H2,1H3,(H,23,24)(H,27,28,29). The van der Waals surface area contributed by atoms with Gasteiger partial charge in [0.05, 0.1) is 28.9 Å². The second kappa shape index (κ2) is 10.6. The second-order valence-electron chi connectivity index (χ2n) is 6.99. The van der Waals surface area contributed by atoms with Gasteiger partial charge in [0.1, 0.15) is 5.01 Å². The molecule has 0 spiro atoms. The minimum Gasteiger partial charge on any atom is -0.461 e. The van der Waals surface area contributed by atoms with E-state index in [1.165, 1.54) is 11.3 Å². The van der Waals surface area contributed by atoms with Gasteiger partial charge in [-0.05, 0) is 42.5 Å². The molecule has 178 valence electrons. The summed E-state index contributed by atoms with van der Waals surface area (Å²) in [7, 11) is -4.34. The van der Waals surface area contributed by atoms with Crippen molar-refractivity contribution in [1.82, 2.24) is 9.97 Å². The lowest BCUT2D eigenvalue weighted by Crippen LogP contribution is -2.15. The van der Waals surface area contributed by atoms with Gasteiger partial charge in [0, 0.05) is 10.8 Å². The smallest absolute Gasteiger partial charge is 0.357 e. The number of thiazole rings is 2. The normalized spacial score (nSPS) is 12.3. The van der Waals surface area contributed by atoms with E-state index in [0.29, 0.717) is 11.6 Å². The van der Waals surface area contributed by atoms with Gasteiger partial charge in [-0.1, -0.05) is 18.2 Å². The third-order valence-electron chi connectivity index (χ3n) is 4.54. The number of ether oxygens (including phenoxy) is 1. The van der Waals surface area contributed by atoms with Crippen LogP contribution in [0.25, 0.3) is 9.88 Å². The number of hydrogen-bond acceptors (Lipinski definition) is 10. The molecule has 9 nitrogen and oxygen atoms in total. The first-order valence-electron chi connectivity index (χ1n) is 10.0. The van der Waals surface area contributed by atoms with Crippen molar-refractivity contribution in [2.75, 3.05) is 16.6 Å². The van der Waals surface area contributed by atoms with E-state index in [1.54, 1.807) is 59.2 Å². The number of rotatable bonds is 10. The van der Waals surface area contributed by atoms with Crippen LogP contribution in [0.5, 0.6) is 0 Å². The third-order valence-corrected chi connectivity index (χ3v) is 7.70. The number of aromatic nitrogens is 2. The van der Waals surface area contributed by atoms with E-state index in [4.69, 9.17) is 14.3 Å². The van der Waals surface area contributed by atoms with Crippen LogP contribution < -0.4 is 10.0 Å². The topological polar surface area (TPSA) is 131 Å². The van der Waals surface area contributed by atoms with Crippen molar-refractivity contribution in [2.45, 2.75) is 19.4 Å². The fourth-order valence-corrected chi connectivity index (χ4v) is 5.93. The number of nitrogens with one attached hydrogen (secondary N) is 2. The first-order chi connectivity index (χ1) is 16.3. The van der Waals surface area contributed by atoms with E-state index in [1.807, 2.05) is 27.6 Å². The molecule has 4 aromatic rings. The summed E-state index contributed by atoms with van der Waals surface area (Å²) in [6.45, 7) is 2.01. The predicted octanol–water partition coefficient (Wildman–Crippen LogP) is 5.12. The Bertz CT molecular complexity index is 1350.